The average molecular weight is 348 g/mol. The molecular weight excluding hydrogens is 324 g/mol. The minimum absolute atomic E-state index is 0.702. The normalized spacial score (nSPS) is 10.8. The largest absolute Gasteiger partial charge is 0.467 e. The van der Waals surface area contributed by atoms with E-state index in [0.29, 0.717) is 0 Å². The lowest BCUT2D eigenvalue weighted by molar-refractivity contribution is -0.154. The van der Waals surface area contributed by atoms with Crippen LogP contribution in [0.5, 0.6) is 0 Å². The summed E-state index contributed by atoms with van der Waals surface area (Å²) in [4.78, 5) is 35.5. The van der Waals surface area contributed by atoms with Crippen molar-refractivity contribution in [1.29, 1.82) is 0 Å². The minimum Gasteiger partial charge on any atom is -0.467 e. The van der Waals surface area contributed by atoms with Gasteiger partial charge in [-0.15, -0.1) is 0 Å². The fraction of sp³-hybridized carbons (Fsp3) is 0.389. The Labute approximate surface area is 147 Å². The van der Waals surface area contributed by atoms with Gasteiger partial charge in [-0.05, 0) is 38.0 Å². The average Bonchev–Trinajstić information content (AvgIpc) is 2.58. The van der Waals surface area contributed by atoms with Crippen molar-refractivity contribution in [2.75, 3.05) is 14.2 Å². The number of carbonyl (C=O) groups is 3. The highest BCUT2D eigenvalue weighted by Crippen LogP contribution is 2.23. The number of carbonyl (C=O) groups excluding carboxylic acids is 3. The Bertz CT molecular complexity index is 666. The summed E-state index contributed by atoms with van der Waals surface area (Å²) in [7, 11) is 2.23. The van der Waals surface area contributed by atoms with Gasteiger partial charge in [-0.3, -0.25) is 0 Å². The molecule has 0 aromatic heterocycles. The third-order valence-electron chi connectivity index (χ3n) is 3.65. The van der Waals surface area contributed by atoms with Gasteiger partial charge >= 0.3 is 18.0 Å². The van der Waals surface area contributed by atoms with Crippen molar-refractivity contribution < 1.29 is 23.9 Å². The molecule has 0 saturated carbocycles. The summed E-state index contributed by atoms with van der Waals surface area (Å²) in [5, 5.41) is 5.00. The van der Waals surface area contributed by atoms with E-state index >= 15 is 0 Å². The second-order valence-electron chi connectivity index (χ2n) is 6.06. The number of hydrogen-bond acceptors (Lipinski definition) is 5. The minimum atomic E-state index is -1.53. The van der Waals surface area contributed by atoms with E-state index in [1.165, 1.54) is 0 Å². The second-order valence-corrected chi connectivity index (χ2v) is 6.06. The van der Waals surface area contributed by atoms with E-state index in [2.05, 4.69) is 26.7 Å². The highest BCUT2D eigenvalue weighted by atomic mass is 16.5. The van der Waals surface area contributed by atoms with Crippen molar-refractivity contribution in [3.8, 4) is 0 Å². The van der Waals surface area contributed by atoms with Crippen molar-refractivity contribution in [3.05, 3.63) is 42.0 Å². The Balaban J connectivity index is 2.93. The molecule has 0 aliphatic carbocycles. The van der Waals surface area contributed by atoms with Crippen molar-refractivity contribution in [2.45, 2.75) is 32.4 Å². The third-order valence-corrected chi connectivity index (χ3v) is 3.65. The first-order valence-corrected chi connectivity index (χ1v) is 7.63. The van der Waals surface area contributed by atoms with Crippen LogP contribution in [0.15, 0.2) is 30.8 Å². The van der Waals surface area contributed by atoms with Crippen molar-refractivity contribution in [2.24, 2.45) is 0 Å². The molecule has 7 heteroatoms. The topological polar surface area (TPSA) is 93.7 Å². The third kappa shape index (κ3) is 5.34. The standard InChI is InChI=1S/C18H24N2O5/c1-11(2)12-8-7-9-13(10-12)18(3,4)20-17(23)19-14(15(21)24-5)16(22)25-6/h7-10,14H,1H2,2-6H3,(H2,19,20,23). The fourth-order valence-electron chi connectivity index (χ4n) is 2.15. The first-order valence-electron chi connectivity index (χ1n) is 7.63. The van der Waals surface area contributed by atoms with Crippen LogP contribution < -0.4 is 10.6 Å². The molecule has 0 bridgehead atoms. The number of ether oxygens (including phenoxy) is 2. The molecule has 0 fully saturated rings. The molecule has 1 aromatic rings. The summed E-state index contributed by atoms with van der Waals surface area (Å²) in [5.41, 5.74) is 1.94. The Morgan fingerprint density at radius 3 is 2.16 bits per heavy atom. The second kappa shape index (κ2) is 8.32. The van der Waals surface area contributed by atoms with Crippen molar-refractivity contribution in [1.82, 2.24) is 10.6 Å². The first-order chi connectivity index (χ1) is 11.6. The molecule has 0 spiro atoms. The molecule has 0 heterocycles. The molecule has 0 aliphatic heterocycles. The molecule has 0 aliphatic rings. The van der Waals surface area contributed by atoms with Crippen LogP contribution in [0.1, 0.15) is 31.9 Å². The fourth-order valence-corrected chi connectivity index (χ4v) is 2.15. The van der Waals surface area contributed by atoms with E-state index in [0.717, 1.165) is 30.9 Å². The van der Waals surface area contributed by atoms with Crippen molar-refractivity contribution in [3.63, 3.8) is 0 Å². The van der Waals surface area contributed by atoms with Crippen LogP contribution in [0.4, 0.5) is 4.79 Å². The number of esters is 2. The summed E-state index contributed by atoms with van der Waals surface area (Å²) in [6, 6.07) is 5.34. The maximum atomic E-state index is 12.2. The van der Waals surface area contributed by atoms with Gasteiger partial charge in [0.1, 0.15) is 0 Å². The number of methoxy groups -OCH3 is 2. The van der Waals surface area contributed by atoms with Gasteiger partial charge in [-0.25, -0.2) is 14.4 Å². The van der Waals surface area contributed by atoms with Crippen LogP contribution in [-0.2, 0) is 24.6 Å². The number of allylic oxidation sites excluding steroid dienone is 1. The highest BCUT2D eigenvalue weighted by Gasteiger charge is 2.32. The van der Waals surface area contributed by atoms with Crippen LogP contribution in [0.3, 0.4) is 0 Å². The van der Waals surface area contributed by atoms with Gasteiger partial charge in [0.2, 0.25) is 6.04 Å². The number of amides is 2. The zero-order chi connectivity index (χ0) is 19.2. The number of rotatable bonds is 6. The van der Waals surface area contributed by atoms with Gasteiger partial charge < -0.3 is 20.1 Å². The molecule has 0 radical (unpaired) electrons. The van der Waals surface area contributed by atoms with E-state index in [1.807, 2.05) is 31.2 Å². The zero-order valence-corrected chi connectivity index (χ0v) is 15.1. The van der Waals surface area contributed by atoms with Gasteiger partial charge in [0.15, 0.2) is 0 Å². The van der Waals surface area contributed by atoms with Crippen LogP contribution >= 0.6 is 0 Å². The SMILES string of the molecule is C=C(C)c1cccc(C(C)(C)NC(=O)NC(C(=O)OC)C(=O)OC)c1. The molecule has 7 nitrogen and oxygen atoms in total. The van der Waals surface area contributed by atoms with Gasteiger partial charge in [-0.1, -0.05) is 30.4 Å². The zero-order valence-electron chi connectivity index (χ0n) is 15.1. The Kier molecular flexibility index (Phi) is 6.73. The van der Waals surface area contributed by atoms with E-state index in [4.69, 9.17) is 0 Å². The van der Waals surface area contributed by atoms with Gasteiger partial charge in [-0.2, -0.15) is 0 Å². The summed E-state index contributed by atoms with van der Waals surface area (Å²) in [6.07, 6.45) is 0. The molecule has 0 unspecified atom stereocenters. The number of hydrogen-bond donors (Lipinski definition) is 2. The van der Waals surface area contributed by atoms with Crippen LogP contribution in [-0.4, -0.2) is 38.2 Å². The summed E-state index contributed by atoms with van der Waals surface area (Å²) >= 11 is 0. The predicted molar refractivity (Wildman–Crippen MR) is 93.7 cm³/mol. The molecule has 1 aromatic carbocycles. The molecule has 1 rings (SSSR count). The quantitative estimate of drug-likeness (QED) is 0.605. The summed E-state index contributed by atoms with van der Waals surface area (Å²) in [6.45, 7) is 9.40. The van der Waals surface area contributed by atoms with E-state index in [9.17, 15) is 14.4 Å². The van der Waals surface area contributed by atoms with Crippen molar-refractivity contribution >= 4 is 23.5 Å². The Hall–Kier alpha value is -2.83. The Morgan fingerprint density at radius 1 is 1.12 bits per heavy atom. The van der Waals surface area contributed by atoms with Crippen LogP contribution in [0.25, 0.3) is 5.57 Å². The Morgan fingerprint density at radius 2 is 1.68 bits per heavy atom. The van der Waals surface area contributed by atoms with E-state index in [1.54, 1.807) is 13.8 Å². The lowest BCUT2D eigenvalue weighted by atomic mass is 9.92. The predicted octanol–water partition coefficient (Wildman–Crippen LogP) is 1.97. The summed E-state index contributed by atoms with van der Waals surface area (Å²) < 4.78 is 9.00. The number of benzene rings is 1. The molecule has 25 heavy (non-hydrogen) atoms. The van der Waals surface area contributed by atoms with Crippen LogP contribution in [0.2, 0.25) is 0 Å². The van der Waals surface area contributed by atoms with E-state index in [-0.39, 0.29) is 0 Å². The molecule has 2 amide bonds. The smallest absolute Gasteiger partial charge is 0.340 e. The molecule has 2 N–H and O–H groups in total. The maximum absolute atomic E-state index is 12.2. The number of nitrogens with one attached hydrogen (secondary N) is 2. The monoisotopic (exact) mass is 348 g/mol. The van der Waals surface area contributed by atoms with Gasteiger partial charge in [0.05, 0.1) is 19.8 Å². The maximum Gasteiger partial charge on any atom is 0.340 e. The van der Waals surface area contributed by atoms with Crippen LogP contribution in [0, 0.1) is 0 Å². The molecule has 136 valence electrons. The van der Waals surface area contributed by atoms with Gasteiger partial charge in [0, 0.05) is 0 Å². The molecular formula is C18H24N2O5. The molecule has 0 saturated heterocycles. The molecule has 0 atom stereocenters. The lowest BCUT2D eigenvalue weighted by Crippen LogP contribution is -2.54. The highest BCUT2D eigenvalue weighted by molar-refractivity contribution is 6.02. The number of urea groups is 1. The van der Waals surface area contributed by atoms with Gasteiger partial charge in [0.25, 0.3) is 0 Å². The lowest BCUT2D eigenvalue weighted by Gasteiger charge is -2.28. The summed E-state index contributed by atoms with van der Waals surface area (Å²) in [5.74, 6) is -1.83. The van der Waals surface area contributed by atoms with E-state index < -0.39 is 29.6 Å². The first kappa shape index (κ1) is 20.2.